The zero-order valence-corrected chi connectivity index (χ0v) is 19.2. The summed E-state index contributed by atoms with van der Waals surface area (Å²) >= 11 is 0. The minimum absolute atomic E-state index is 0.0839. The van der Waals surface area contributed by atoms with Crippen LogP contribution in [0.1, 0.15) is 53.9 Å². The van der Waals surface area contributed by atoms with Gasteiger partial charge in [0, 0.05) is 18.2 Å². The van der Waals surface area contributed by atoms with Gasteiger partial charge in [0.05, 0.1) is 38.2 Å². The average molecular weight is 500 g/mol. The SMILES string of the molecule is C[C@H]1OCc2c3c(nc(N)c21)COCC3.O=CN1CCC[C@@H](F)C1.O=c1cccc(C(F)(F)F)[nH]1. The highest BCUT2D eigenvalue weighted by Gasteiger charge is 2.31. The van der Waals surface area contributed by atoms with Gasteiger partial charge in [0.15, 0.2) is 0 Å². The van der Waals surface area contributed by atoms with Crippen LogP contribution in [0.4, 0.5) is 23.4 Å². The van der Waals surface area contributed by atoms with Gasteiger partial charge in [-0.3, -0.25) is 9.59 Å². The second kappa shape index (κ2) is 11.6. The lowest BCUT2D eigenvalue weighted by Gasteiger charge is -2.24. The third-order valence-corrected chi connectivity index (χ3v) is 5.81. The summed E-state index contributed by atoms with van der Waals surface area (Å²) in [6.45, 7) is 5.08. The number of hydrogen-bond donors (Lipinski definition) is 2. The van der Waals surface area contributed by atoms with Gasteiger partial charge < -0.3 is 25.1 Å². The van der Waals surface area contributed by atoms with Gasteiger partial charge in [-0.15, -0.1) is 0 Å². The van der Waals surface area contributed by atoms with E-state index in [0.717, 1.165) is 55.4 Å². The fourth-order valence-corrected chi connectivity index (χ4v) is 4.09. The molecule has 12 heteroatoms. The number of anilines is 1. The third kappa shape index (κ3) is 7.01. The Morgan fingerprint density at radius 3 is 2.63 bits per heavy atom. The number of ether oxygens (including phenoxy) is 2. The Bertz CT molecular complexity index is 1080. The molecular formula is C23H28F4N4O4. The van der Waals surface area contributed by atoms with E-state index in [4.69, 9.17) is 15.2 Å². The number of rotatable bonds is 1. The van der Waals surface area contributed by atoms with E-state index in [1.807, 2.05) is 6.92 Å². The first-order chi connectivity index (χ1) is 16.6. The maximum Gasteiger partial charge on any atom is 0.431 e. The monoisotopic (exact) mass is 500 g/mol. The normalized spacial score (nSPS) is 21.0. The van der Waals surface area contributed by atoms with Gasteiger partial charge in [-0.1, -0.05) is 6.07 Å². The van der Waals surface area contributed by atoms with Gasteiger partial charge in [-0.25, -0.2) is 9.37 Å². The van der Waals surface area contributed by atoms with Crippen LogP contribution in [-0.4, -0.2) is 47.1 Å². The van der Waals surface area contributed by atoms with Crippen molar-refractivity contribution in [3.8, 4) is 0 Å². The minimum atomic E-state index is -4.47. The van der Waals surface area contributed by atoms with Crippen molar-refractivity contribution in [3.63, 3.8) is 0 Å². The highest BCUT2D eigenvalue weighted by Crippen LogP contribution is 2.38. The number of H-pyrrole nitrogens is 1. The van der Waals surface area contributed by atoms with Crippen LogP contribution in [0.15, 0.2) is 23.0 Å². The van der Waals surface area contributed by atoms with Gasteiger partial charge >= 0.3 is 6.18 Å². The number of nitrogens with one attached hydrogen (secondary N) is 1. The summed E-state index contributed by atoms with van der Waals surface area (Å²) < 4.78 is 58.8. The number of carbonyl (C=O) groups is 1. The molecule has 3 aliphatic heterocycles. The number of nitrogens with two attached hydrogens (primary N) is 1. The molecule has 2 aromatic rings. The number of carbonyl (C=O) groups excluding carboxylic acids is 1. The fraction of sp³-hybridized carbons (Fsp3) is 0.522. The number of hydrogen-bond acceptors (Lipinski definition) is 6. The van der Waals surface area contributed by atoms with Crippen LogP contribution in [0, 0.1) is 0 Å². The maximum absolute atomic E-state index is 12.4. The lowest BCUT2D eigenvalue weighted by molar-refractivity contribution is -0.141. The molecule has 192 valence electrons. The van der Waals surface area contributed by atoms with Crippen molar-refractivity contribution in [2.45, 2.75) is 57.9 Å². The molecule has 35 heavy (non-hydrogen) atoms. The predicted molar refractivity (Wildman–Crippen MR) is 119 cm³/mol. The summed E-state index contributed by atoms with van der Waals surface area (Å²) in [5.41, 5.74) is 8.81. The van der Waals surface area contributed by atoms with Crippen LogP contribution in [0.2, 0.25) is 0 Å². The zero-order valence-electron chi connectivity index (χ0n) is 19.2. The molecular weight excluding hydrogens is 472 g/mol. The number of fused-ring (bicyclic) bond motifs is 3. The van der Waals surface area contributed by atoms with Gasteiger partial charge in [-0.05, 0) is 43.4 Å². The van der Waals surface area contributed by atoms with Crippen molar-refractivity contribution in [3.05, 3.63) is 56.6 Å². The lowest BCUT2D eigenvalue weighted by atomic mass is 9.97. The van der Waals surface area contributed by atoms with Crippen LogP contribution in [-0.2, 0) is 40.1 Å². The van der Waals surface area contributed by atoms with Crippen molar-refractivity contribution >= 4 is 12.2 Å². The van der Waals surface area contributed by atoms with E-state index in [1.54, 1.807) is 4.98 Å². The van der Waals surface area contributed by atoms with Crippen LogP contribution in [0.5, 0.6) is 0 Å². The summed E-state index contributed by atoms with van der Waals surface area (Å²) in [5.74, 6) is 0.610. The Kier molecular flexibility index (Phi) is 8.84. The molecule has 2 atom stereocenters. The van der Waals surface area contributed by atoms with Gasteiger partial charge in [0.25, 0.3) is 0 Å². The van der Waals surface area contributed by atoms with E-state index >= 15 is 0 Å². The molecule has 0 spiro atoms. The summed E-state index contributed by atoms with van der Waals surface area (Å²) in [7, 11) is 0. The van der Waals surface area contributed by atoms with Crippen LogP contribution in [0.3, 0.4) is 0 Å². The quantitative estimate of drug-likeness (QED) is 0.459. The molecule has 1 amide bonds. The van der Waals surface area contributed by atoms with Crippen molar-refractivity contribution in [2.24, 2.45) is 0 Å². The van der Waals surface area contributed by atoms with Crippen LogP contribution in [0.25, 0.3) is 0 Å². The van der Waals surface area contributed by atoms with Gasteiger partial charge in [0.1, 0.15) is 17.7 Å². The molecule has 8 nitrogen and oxygen atoms in total. The van der Waals surface area contributed by atoms with Crippen molar-refractivity contribution in [1.82, 2.24) is 14.9 Å². The van der Waals surface area contributed by atoms with Gasteiger partial charge in [0.2, 0.25) is 12.0 Å². The van der Waals surface area contributed by atoms with Gasteiger partial charge in [-0.2, -0.15) is 13.2 Å². The highest BCUT2D eigenvalue weighted by atomic mass is 19.4. The number of likely N-dealkylation sites (tertiary alicyclic amines) is 1. The molecule has 0 aliphatic carbocycles. The summed E-state index contributed by atoms with van der Waals surface area (Å²) in [6.07, 6.45) is -2.11. The number of nitrogen functional groups attached to an aromatic ring is 1. The van der Waals surface area contributed by atoms with E-state index < -0.39 is 23.6 Å². The fourth-order valence-electron chi connectivity index (χ4n) is 4.09. The van der Waals surface area contributed by atoms with E-state index in [0.29, 0.717) is 38.4 Å². The topological polar surface area (TPSA) is 111 Å². The molecule has 5 rings (SSSR count). The second-order valence-electron chi connectivity index (χ2n) is 8.34. The smallest absolute Gasteiger partial charge is 0.383 e. The van der Waals surface area contributed by atoms with Crippen molar-refractivity contribution in [2.75, 3.05) is 25.4 Å². The number of aromatic amines is 1. The molecule has 3 N–H and O–H groups in total. The maximum atomic E-state index is 12.4. The molecule has 0 unspecified atom stereocenters. The second-order valence-corrected chi connectivity index (χ2v) is 8.34. The Balaban J connectivity index is 0.000000153. The molecule has 3 aliphatic rings. The molecule has 2 aromatic heterocycles. The molecule has 0 aromatic carbocycles. The predicted octanol–water partition coefficient (Wildman–Crippen LogP) is 3.30. The first kappa shape index (κ1) is 26.6. The van der Waals surface area contributed by atoms with Crippen LogP contribution >= 0.6 is 0 Å². The molecule has 0 bridgehead atoms. The number of aromatic nitrogens is 2. The zero-order chi connectivity index (χ0) is 25.6. The number of piperidine rings is 1. The van der Waals surface area contributed by atoms with E-state index in [1.165, 1.54) is 16.0 Å². The number of alkyl halides is 4. The third-order valence-electron chi connectivity index (χ3n) is 5.81. The Morgan fingerprint density at radius 1 is 1.26 bits per heavy atom. The first-order valence-electron chi connectivity index (χ1n) is 11.2. The molecule has 1 fully saturated rings. The first-order valence-corrected chi connectivity index (χ1v) is 11.2. The Hall–Kier alpha value is -2.99. The number of pyridine rings is 2. The average Bonchev–Trinajstić information content (AvgIpc) is 3.22. The highest BCUT2D eigenvalue weighted by molar-refractivity contribution is 5.53. The number of amides is 1. The molecule has 1 saturated heterocycles. The number of nitrogens with zero attached hydrogens (tertiary/aromatic N) is 2. The Labute approximate surface area is 199 Å². The van der Waals surface area contributed by atoms with Crippen LogP contribution < -0.4 is 11.3 Å². The summed E-state index contributed by atoms with van der Waals surface area (Å²) in [4.78, 5) is 28.0. The van der Waals surface area contributed by atoms with E-state index in [9.17, 15) is 27.2 Å². The summed E-state index contributed by atoms with van der Waals surface area (Å²) in [5, 5.41) is 0. The molecule has 0 saturated carbocycles. The standard InChI is InChI=1S/C11H14N2O2.C6H4F3NO.C6H10FNO/c1-6-10-8(4-15-6)7-2-3-14-5-9(7)13-11(10)12;7-6(8,9)4-2-1-3-5(11)10-4;7-6-2-1-3-8(4-6)5-9/h6H,2-5H2,1H3,(H2,12,13);1-3H,(H,10,11);5-6H,1-4H2/t6-;;6-/m1.1/s1. The largest absolute Gasteiger partial charge is 0.431 e. The summed E-state index contributed by atoms with van der Waals surface area (Å²) in [6, 6.07) is 2.89. The minimum Gasteiger partial charge on any atom is -0.383 e. The lowest BCUT2D eigenvalue weighted by Crippen LogP contribution is -2.35. The van der Waals surface area contributed by atoms with E-state index in [2.05, 4.69) is 4.98 Å². The molecule has 5 heterocycles. The molecule has 0 radical (unpaired) electrons. The Morgan fingerprint density at radius 2 is 2.03 bits per heavy atom. The van der Waals surface area contributed by atoms with E-state index in [-0.39, 0.29) is 6.10 Å². The van der Waals surface area contributed by atoms with Crippen molar-refractivity contribution in [1.29, 1.82) is 0 Å². The van der Waals surface area contributed by atoms with Crippen molar-refractivity contribution < 1.29 is 31.8 Å². The number of halogens is 4.